The molecular formula is C29H27F3N6O7. The van der Waals surface area contributed by atoms with Crippen molar-refractivity contribution >= 4 is 40.7 Å². The zero-order chi connectivity index (χ0) is 32.2. The lowest BCUT2D eigenvalue weighted by atomic mass is 10.1. The number of ether oxygens (including phenoxy) is 3. The second kappa shape index (κ2) is 15.2. The molecule has 1 unspecified atom stereocenters. The summed E-state index contributed by atoms with van der Waals surface area (Å²) in [5, 5.41) is 14.1. The maximum atomic E-state index is 13.2. The number of benzene rings is 2. The average molecular weight is 629 g/mol. The van der Waals surface area contributed by atoms with Gasteiger partial charge in [-0.2, -0.15) is 18.3 Å². The van der Waals surface area contributed by atoms with Crippen molar-refractivity contribution in [2.24, 2.45) is 0 Å². The van der Waals surface area contributed by atoms with Gasteiger partial charge in [-0.3, -0.25) is 9.89 Å². The van der Waals surface area contributed by atoms with E-state index < -0.39 is 42.4 Å². The summed E-state index contributed by atoms with van der Waals surface area (Å²) in [6.07, 6.45) is -5.94. The number of aromatic nitrogens is 3. The minimum Gasteiger partial charge on any atom is -0.464 e. The standard InChI is InChI=1S/C29H27F3N6O7/c30-29(31,32)27(41)45-25(37-24(39)19-10-11-21-20(15-19)16-35-38-21)23(36-28(42)44-17-18-7-2-1-3-8-18)26(40)43-14-6-13-34-22-9-4-5-12-33-22/h1-5,7-12,15-16,23,25H,6,13-14,17H2,(H,33,34)(H,35,38)(H,36,42)(H,37,39)/t23-,25?/m0/s1. The van der Waals surface area contributed by atoms with Gasteiger partial charge in [0.25, 0.3) is 5.91 Å². The van der Waals surface area contributed by atoms with E-state index in [1.54, 1.807) is 54.7 Å². The molecule has 0 saturated carbocycles. The molecule has 0 fully saturated rings. The largest absolute Gasteiger partial charge is 0.491 e. The maximum absolute atomic E-state index is 13.2. The van der Waals surface area contributed by atoms with Crippen molar-refractivity contribution in [1.29, 1.82) is 0 Å². The molecule has 0 saturated heterocycles. The smallest absolute Gasteiger partial charge is 0.464 e. The molecule has 0 bridgehead atoms. The first-order chi connectivity index (χ1) is 21.6. The number of carbonyl (C=O) groups excluding carboxylic acids is 4. The highest BCUT2D eigenvalue weighted by Crippen LogP contribution is 2.19. The number of esters is 2. The van der Waals surface area contributed by atoms with Crippen LogP contribution in [0.4, 0.5) is 23.8 Å². The summed E-state index contributed by atoms with van der Waals surface area (Å²) >= 11 is 0. The van der Waals surface area contributed by atoms with Crippen LogP contribution in [-0.2, 0) is 30.4 Å². The number of fused-ring (bicyclic) bond motifs is 1. The van der Waals surface area contributed by atoms with Crippen LogP contribution in [0.2, 0.25) is 0 Å². The van der Waals surface area contributed by atoms with Crippen LogP contribution in [0.5, 0.6) is 0 Å². The van der Waals surface area contributed by atoms with Crippen molar-refractivity contribution in [3.8, 4) is 0 Å². The number of hydrogen-bond donors (Lipinski definition) is 4. The van der Waals surface area contributed by atoms with E-state index in [-0.39, 0.29) is 25.2 Å². The Labute approximate surface area is 253 Å². The van der Waals surface area contributed by atoms with Crippen LogP contribution >= 0.6 is 0 Å². The molecule has 4 N–H and O–H groups in total. The number of alkyl halides is 3. The van der Waals surface area contributed by atoms with Gasteiger partial charge in [-0.15, -0.1) is 0 Å². The summed E-state index contributed by atoms with van der Waals surface area (Å²) < 4.78 is 54.5. The van der Waals surface area contributed by atoms with E-state index in [0.717, 1.165) is 0 Å². The minimum absolute atomic E-state index is 0.0728. The van der Waals surface area contributed by atoms with E-state index in [4.69, 9.17) is 9.47 Å². The van der Waals surface area contributed by atoms with E-state index >= 15 is 0 Å². The number of hydrogen-bond acceptors (Lipinski definition) is 10. The third-order valence-corrected chi connectivity index (χ3v) is 6.02. The first kappa shape index (κ1) is 32.2. The van der Waals surface area contributed by atoms with Gasteiger partial charge in [0.15, 0.2) is 6.04 Å². The minimum atomic E-state index is -5.50. The summed E-state index contributed by atoms with van der Waals surface area (Å²) in [5.41, 5.74) is 1.06. The molecule has 0 aliphatic heterocycles. The predicted octanol–water partition coefficient (Wildman–Crippen LogP) is 3.46. The van der Waals surface area contributed by atoms with Crippen molar-refractivity contribution < 1.29 is 46.6 Å². The van der Waals surface area contributed by atoms with Crippen LogP contribution in [0.1, 0.15) is 22.3 Å². The lowest BCUT2D eigenvalue weighted by molar-refractivity contribution is -0.207. The number of nitrogens with one attached hydrogen (secondary N) is 4. The number of amides is 2. The molecule has 2 amide bonds. The Bertz CT molecular complexity index is 1600. The van der Waals surface area contributed by atoms with E-state index in [9.17, 15) is 32.3 Å². The molecule has 2 aromatic heterocycles. The number of carbonyl (C=O) groups is 4. The molecule has 16 heteroatoms. The fourth-order valence-electron chi connectivity index (χ4n) is 3.83. The third-order valence-electron chi connectivity index (χ3n) is 6.02. The number of rotatable bonds is 13. The Hall–Kier alpha value is -5.67. The van der Waals surface area contributed by atoms with Crippen LogP contribution in [-0.4, -0.2) is 70.7 Å². The molecule has 0 aliphatic rings. The van der Waals surface area contributed by atoms with Gasteiger partial charge in [0, 0.05) is 23.7 Å². The number of nitrogens with zero attached hydrogens (tertiary/aromatic N) is 2. The normalized spacial score (nSPS) is 12.4. The van der Waals surface area contributed by atoms with Crippen LogP contribution < -0.4 is 16.0 Å². The Morgan fingerprint density at radius 1 is 0.933 bits per heavy atom. The van der Waals surface area contributed by atoms with Crippen LogP contribution in [0.15, 0.2) is 79.1 Å². The van der Waals surface area contributed by atoms with Gasteiger partial charge in [-0.05, 0) is 42.3 Å². The van der Waals surface area contributed by atoms with Gasteiger partial charge in [-0.1, -0.05) is 36.4 Å². The van der Waals surface area contributed by atoms with Gasteiger partial charge in [0.1, 0.15) is 12.4 Å². The van der Waals surface area contributed by atoms with Crippen molar-refractivity contribution in [2.45, 2.75) is 31.5 Å². The average Bonchev–Trinajstić information content (AvgIpc) is 3.51. The summed E-state index contributed by atoms with van der Waals surface area (Å²) in [4.78, 5) is 54.9. The van der Waals surface area contributed by atoms with Crippen LogP contribution in [0.25, 0.3) is 10.9 Å². The molecule has 2 atom stereocenters. The molecule has 0 aliphatic carbocycles. The molecule has 2 heterocycles. The molecule has 2 aromatic carbocycles. The number of H-pyrrole nitrogens is 1. The Morgan fingerprint density at radius 3 is 2.44 bits per heavy atom. The van der Waals surface area contributed by atoms with Crippen molar-refractivity contribution in [3.63, 3.8) is 0 Å². The highest BCUT2D eigenvalue weighted by Gasteiger charge is 2.45. The highest BCUT2D eigenvalue weighted by molar-refractivity contribution is 5.98. The number of alkyl carbamates (subject to hydrolysis) is 1. The number of aromatic amines is 1. The second-order valence-electron chi connectivity index (χ2n) is 9.32. The fraction of sp³-hybridized carbons (Fsp3) is 0.241. The van der Waals surface area contributed by atoms with E-state index in [1.807, 2.05) is 0 Å². The first-order valence-electron chi connectivity index (χ1n) is 13.4. The van der Waals surface area contributed by atoms with Crippen LogP contribution in [0.3, 0.4) is 0 Å². The molecule has 0 spiro atoms. The molecule has 236 valence electrons. The zero-order valence-electron chi connectivity index (χ0n) is 23.4. The van der Waals surface area contributed by atoms with Gasteiger partial charge in [0.05, 0.1) is 18.3 Å². The maximum Gasteiger partial charge on any atom is 0.491 e. The fourth-order valence-corrected chi connectivity index (χ4v) is 3.83. The summed E-state index contributed by atoms with van der Waals surface area (Å²) in [6.45, 7) is -0.236. The topological polar surface area (TPSA) is 174 Å². The van der Waals surface area contributed by atoms with Crippen LogP contribution in [0, 0.1) is 0 Å². The third kappa shape index (κ3) is 9.67. The van der Waals surface area contributed by atoms with E-state index in [0.29, 0.717) is 28.8 Å². The van der Waals surface area contributed by atoms with Crippen molar-refractivity contribution in [2.75, 3.05) is 18.5 Å². The summed E-state index contributed by atoms with van der Waals surface area (Å²) in [7, 11) is 0. The van der Waals surface area contributed by atoms with Gasteiger partial charge >= 0.3 is 24.2 Å². The van der Waals surface area contributed by atoms with Gasteiger partial charge in [0.2, 0.25) is 6.23 Å². The summed E-state index contributed by atoms with van der Waals surface area (Å²) in [5.74, 6) is -4.51. The SMILES string of the molecule is O=C(N[C@H](C(=O)OCCCNc1ccccn1)C(NC(=O)c1ccc2[nH]ncc2c1)OC(=O)C(F)(F)F)OCc1ccccc1. The summed E-state index contributed by atoms with van der Waals surface area (Å²) in [6, 6.07) is 15.6. The molecular weight excluding hydrogens is 601 g/mol. The first-order valence-corrected chi connectivity index (χ1v) is 13.4. The molecule has 45 heavy (non-hydrogen) atoms. The number of anilines is 1. The monoisotopic (exact) mass is 628 g/mol. The number of halogens is 3. The Kier molecular flexibility index (Phi) is 10.9. The quantitative estimate of drug-likeness (QED) is 0.0743. The van der Waals surface area contributed by atoms with Crippen molar-refractivity contribution in [1.82, 2.24) is 25.8 Å². The van der Waals surface area contributed by atoms with Crippen molar-refractivity contribution in [3.05, 3.63) is 90.3 Å². The van der Waals surface area contributed by atoms with Gasteiger partial charge < -0.3 is 30.2 Å². The molecule has 4 rings (SSSR count). The van der Waals surface area contributed by atoms with Gasteiger partial charge in [-0.25, -0.2) is 19.4 Å². The lowest BCUT2D eigenvalue weighted by Gasteiger charge is -2.27. The molecule has 4 aromatic rings. The van der Waals surface area contributed by atoms with E-state index in [2.05, 4.69) is 35.9 Å². The Morgan fingerprint density at radius 2 is 1.71 bits per heavy atom. The van der Waals surface area contributed by atoms with E-state index in [1.165, 1.54) is 24.4 Å². The lowest BCUT2D eigenvalue weighted by Crippen LogP contribution is -2.58. The molecule has 0 radical (unpaired) electrons. The highest BCUT2D eigenvalue weighted by atomic mass is 19.4. The second-order valence-corrected chi connectivity index (χ2v) is 9.32. The predicted molar refractivity (Wildman–Crippen MR) is 151 cm³/mol. The Balaban J connectivity index is 1.51. The number of pyridine rings is 1. The zero-order valence-corrected chi connectivity index (χ0v) is 23.4. The molecule has 13 nitrogen and oxygen atoms in total.